The molecule has 0 aliphatic carbocycles. The van der Waals surface area contributed by atoms with Gasteiger partial charge in [0.15, 0.2) is 0 Å². The zero-order chi connectivity index (χ0) is 11.1. The molecule has 82 valence electrons. The first kappa shape index (κ1) is 12.2. The minimum Gasteiger partial charge on any atom is -0.395 e. The van der Waals surface area contributed by atoms with Gasteiger partial charge >= 0.3 is 0 Å². The molecular weight excluding hydrogens is 212 g/mol. The van der Waals surface area contributed by atoms with Gasteiger partial charge in [-0.3, -0.25) is 9.88 Å². The van der Waals surface area contributed by atoms with E-state index in [0.29, 0.717) is 18.1 Å². The van der Waals surface area contributed by atoms with Gasteiger partial charge in [0.2, 0.25) is 0 Å². The Morgan fingerprint density at radius 2 is 2.40 bits per heavy atom. The molecule has 15 heavy (non-hydrogen) atoms. The van der Waals surface area contributed by atoms with E-state index in [9.17, 15) is 0 Å². The van der Waals surface area contributed by atoms with Crippen LogP contribution in [0, 0.1) is 0 Å². The van der Waals surface area contributed by atoms with Crippen LogP contribution >= 0.6 is 11.6 Å². The summed E-state index contributed by atoms with van der Waals surface area (Å²) in [6, 6.07) is 1.88. The fourth-order valence-corrected chi connectivity index (χ4v) is 1.51. The van der Waals surface area contributed by atoms with E-state index in [1.165, 1.54) is 0 Å². The van der Waals surface area contributed by atoms with Crippen LogP contribution in [0.15, 0.2) is 31.1 Å². The van der Waals surface area contributed by atoms with Crippen molar-refractivity contribution in [1.29, 1.82) is 0 Å². The summed E-state index contributed by atoms with van der Waals surface area (Å²) in [6.45, 7) is 5.87. The average Bonchev–Trinajstić information content (AvgIpc) is 2.22. The van der Waals surface area contributed by atoms with Crippen LogP contribution in [0.2, 0.25) is 5.02 Å². The molecule has 0 radical (unpaired) electrons. The molecule has 1 aromatic rings. The van der Waals surface area contributed by atoms with Crippen LogP contribution in [0.25, 0.3) is 0 Å². The largest absolute Gasteiger partial charge is 0.395 e. The van der Waals surface area contributed by atoms with Crippen LogP contribution in [0.4, 0.5) is 0 Å². The highest BCUT2D eigenvalue weighted by Crippen LogP contribution is 2.15. The standard InChI is InChI=1S/C11H15ClN2O/c1-2-5-14(6-7-15)9-10-3-4-13-8-11(10)12/h2-4,8,15H,1,5-7,9H2. The molecule has 1 heterocycles. The molecule has 0 unspecified atom stereocenters. The molecule has 0 bridgehead atoms. The van der Waals surface area contributed by atoms with Gasteiger partial charge in [-0.05, 0) is 11.6 Å². The monoisotopic (exact) mass is 226 g/mol. The van der Waals surface area contributed by atoms with E-state index in [4.69, 9.17) is 16.7 Å². The third-order valence-corrected chi connectivity index (χ3v) is 2.39. The topological polar surface area (TPSA) is 36.4 Å². The maximum absolute atomic E-state index is 8.89. The predicted molar refractivity (Wildman–Crippen MR) is 61.8 cm³/mol. The minimum atomic E-state index is 0.135. The van der Waals surface area contributed by atoms with Gasteiger partial charge in [0.05, 0.1) is 11.6 Å². The van der Waals surface area contributed by atoms with E-state index in [0.717, 1.165) is 12.1 Å². The molecule has 0 aliphatic heterocycles. The summed E-state index contributed by atoms with van der Waals surface area (Å²) >= 11 is 5.99. The van der Waals surface area contributed by atoms with Crippen molar-refractivity contribution in [2.75, 3.05) is 19.7 Å². The van der Waals surface area contributed by atoms with Gasteiger partial charge in [-0.15, -0.1) is 6.58 Å². The first-order valence-electron chi connectivity index (χ1n) is 4.80. The lowest BCUT2D eigenvalue weighted by Crippen LogP contribution is -2.26. The van der Waals surface area contributed by atoms with Crippen molar-refractivity contribution >= 4 is 11.6 Å². The SMILES string of the molecule is C=CCN(CCO)Cc1ccncc1Cl. The molecule has 3 nitrogen and oxygen atoms in total. The summed E-state index contributed by atoms with van der Waals surface area (Å²) < 4.78 is 0. The second kappa shape index (κ2) is 6.56. The van der Waals surface area contributed by atoms with E-state index >= 15 is 0 Å². The number of halogens is 1. The van der Waals surface area contributed by atoms with Gasteiger partial charge < -0.3 is 5.11 Å². The smallest absolute Gasteiger partial charge is 0.0634 e. The Morgan fingerprint density at radius 3 is 3.00 bits per heavy atom. The lowest BCUT2D eigenvalue weighted by atomic mass is 10.2. The van der Waals surface area contributed by atoms with Gasteiger partial charge in [0, 0.05) is 32.0 Å². The summed E-state index contributed by atoms with van der Waals surface area (Å²) in [6.07, 6.45) is 5.15. The molecule has 1 N–H and O–H groups in total. The van der Waals surface area contributed by atoms with E-state index < -0.39 is 0 Å². The summed E-state index contributed by atoms with van der Waals surface area (Å²) in [7, 11) is 0. The first-order chi connectivity index (χ1) is 7.27. The van der Waals surface area contributed by atoms with Crippen LogP contribution in [0.3, 0.4) is 0 Å². The Balaban J connectivity index is 2.64. The highest BCUT2D eigenvalue weighted by Gasteiger charge is 2.06. The number of rotatable bonds is 6. The number of aliphatic hydroxyl groups excluding tert-OH is 1. The fraction of sp³-hybridized carbons (Fsp3) is 0.364. The molecule has 0 saturated heterocycles. The van der Waals surface area contributed by atoms with Crippen molar-refractivity contribution in [3.05, 3.63) is 41.7 Å². The van der Waals surface area contributed by atoms with Gasteiger partial charge in [-0.1, -0.05) is 17.7 Å². The highest BCUT2D eigenvalue weighted by atomic mass is 35.5. The summed E-state index contributed by atoms with van der Waals surface area (Å²) in [5.74, 6) is 0. The van der Waals surface area contributed by atoms with Crippen LogP contribution in [0.1, 0.15) is 5.56 Å². The number of nitrogens with zero attached hydrogens (tertiary/aromatic N) is 2. The highest BCUT2D eigenvalue weighted by molar-refractivity contribution is 6.31. The summed E-state index contributed by atoms with van der Waals surface area (Å²) in [5.41, 5.74) is 1.02. The second-order valence-electron chi connectivity index (χ2n) is 3.21. The van der Waals surface area contributed by atoms with Gasteiger partial charge in [0.25, 0.3) is 0 Å². The molecule has 0 atom stereocenters. The van der Waals surface area contributed by atoms with Crippen molar-refractivity contribution in [3.63, 3.8) is 0 Å². The number of hydrogen-bond acceptors (Lipinski definition) is 3. The van der Waals surface area contributed by atoms with Crippen molar-refractivity contribution in [2.24, 2.45) is 0 Å². The molecule has 1 rings (SSSR count). The fourth-order valence-electron chi connectivity index (χ4n) is 1.33. The minimum absolute atomic E-state index is 0.135. The van der Waals surface area contributed by atoms with Crippen molar-refractivity contribution < 1.29 is 5.11 Å². The Morgan fingerprint density at radius 1 is 1.60 bits per heavy atom. The van der Waals surface area contributed by atoms with Crippen molar-refractivity contribution in [2.45, 2.75) is 6.54 Å². The predicted octanol–water partition coefficient (Wildman–Crippen LogP) is 1.72. The third kappa shape index (κ3) is 4.00. The molecule has 0 saturated carbocycles. The summed E-state index contributed by atoms with van der Waals surface area (Å²) in [5, 5.41) is 9.55. The molecule has 0 fully saturated rings. The second-order valence-corrected chi connectivity index (χ2v) is 3.62. The first-order valence-corrected chi connectivity index (χ1v) is 5.18. The number of aromatic nitrogens is 1. The number of pyridine rings is 1. The van der Waals surface area contributed by atoms with E-state index in [2.05, 4.69) is 16.5 Å². The van der Waals surface area contributed by atoms with Crippen molar-refractivity contribution in [3.8, 4) is 0 Å². The lowest BCUT2D eigenvalue weighted by molar-refractivity contribution is 0.203. The molecule has 0 aliphatic rings. The maximum Gasteiger partial charge on any atom is 0.0634 e. The third-order valence-electron chi connectivity index (χ3n) is 2.05. The normalized spacial score (nSPS) is 10.6. The van der Waals surface area contributed by atoms with Crippen molar-refractivity contribution in [1.82, 2.24) is 9.88 Å². The molecule has 0 aromatic carbocycles. The van der Waals surface area contributed by atoms with E-state index in [1.54, 1.807) is 12.4 Å². The zero-order valence-corrected chi connectivity index (χ0v) is 9.32. The van der Waals surface area contributed by atoms with Crippen LogP contribution in [-0.2, 0) is 6.54 Å². The van der Waals surface area contributed by atoms with E-state index in [1.807, 2.05) is 12.1 Å². The number of hydrogen-bond donors (Lipinski definition) is 1. The van der Waals surface area contributed by atoms with Gasteiger partial charge in [-0.25, -0.2) is 0 Å². The molecule has 4 heteroatoms. The zero-order valence-electron chi connectivity index (χ0n) is 8.56. The number of aliphatic hydroxyl groups is 1. The van der Waals surface area contributed by atoms with E-state index in [-0.39, 0.29) is 6.61 Å². The molecule has 1 aromatic heterocycles. The maximum atomic E-state index is 8.89. The Bertz CT molecular complexity index is 317. The van der Waals surface area contributed by atoms with Gasteiger partial charge in [-0.2, -0.15) is 0 Å². The van der Waals surface area contributed by atoms with Crippen LogP contribution in [-0.4, -0.2) is 34.7 Å². The van der Waals surface area contributed by atoms with Crippen LogP contribution in [0.5, 0.6) is 0 Å². The Kier molecular flexibility index (Phi) is 5.32. The average molecular weight is 227 g/mol. The quantitative estimate of drug-likeness (QED) is 0.751. The lowest BCUT2D eigenvalue weighted by Gasteiger charge is -2.19. The summed E-state index contributed by atoms with van der Waals surface area (Å²) in [4.78, 5) is 5.99. The Labute approximate surface area is 95.0 Å². The van der Waals surface area contributed by atoms with Crippen LogP contribution < -0.4 is 0 Å². The van der Waals surface area contributed by atoms with Gasteiger partial charge in [0.1, 0.15) is 0 Å². The molecular formula is C11H15ClN2O. The Hall–Kier alpha value is -0.900. The molecule has 0 amide bonds. The molecule has 0 spiro atoms.